The molecule has 0 saturated heterocycles. The summed E-state index contributed by atoms with van der Waals surface area (Å²) in [6.45, 7) is 11.0. The standard InChI is InChI=1S/C24H28N2O2S/c1-6-26-17(4)22(18(5)27)23(25-24(26)29)19-9-11-21(12-10-19)28-14-20-13-15(2)7-8-16(20)3/h7-13,23H,6,14H2,1-5H3,(H,25,29). The summed E-state index contributed by atoms with van der Waals surface area (Å²) in [6.07, 6.45) is 0. The van der Waals surface area contributed by atoms with Gasteiger partial charge in [-0.3, -0.25) is 4.79 Å². The molecule has 0 bridgehead atoms. The number of hydrogen-bond donors (Lipinski definition) is 1. The van der Waals surface area contributed by atoms with Gasteiger partial charge in [0.25, 0.3) is 0 Å². The number of nitrogens with zero attached hydrogens (tertiary/aromatic N) is 1. The lowest BCUT2D eigenvalue weighted by molar-refractivity contribution is -0.114. The fourth-order valence-corrected chi connectivity index (χ4v) is 4.13. The van der Waals surface area contributed by atoms with Crippen molar-refractivity contribution in [1.29, 1.82) is 0 Å². The van der Waals surface area contributed by atoms with Gasteiger partial charge in [0.1, 0.15) is 12.4 Å². The first-order valence-electron chi connectivity index (χ1n) is 9.90. The van der Waals surface area contributed by atoms with Crippen LogP contribution in [-0.2, 0) is 11.4 Å². The van der Waals surface area contributed by atoms with Crippen molar-refractivity contribution < 1.29 is 9.53 Å². The van der Waals surface area contributed by atoms with Gasteiger partial charge in [-0.25, -0.2) is 0 Å². The summed E-state index contributed by atoms with van der Waals surface area (Å²) in [4.78, 5) is 14.3. The molecule has 0 aliphatic carbocycles. The molecule has 5 heteroatoms. The molecule has 1 heterocycles. The number of carbonyl (C=O) groups is 1. The van der Waals surface area contributed by atoms with Gasteiger partial charge in [0.15, 0.2) is 10.9 Å². The van der Waals surface area contributed by atoms with Crippen molar-refractivity contribution in [3.05, 3.63) is 76.0 Å². The topological polar surface area (TPSA) is 41.6 Å². The van der Waals surface area contributed by atoms with Gasteiger partial charge in [-0.15, -0.1) is 0 Å². The number of nitrogens with one attached hydrogen (secondary N) is 1. The molecule has 1 unspecified atom stereocenters. The van der Waals surface area contributed by atoms with Gasteiger partial charge in [0.05, 0.1) is 6.04 Å². The first-order valence-corrected chi connectivity index (χ1v) is 10.3. The Morgan fingerprint density at radius 2 is 1.83 bits per heavy atom. The van der Waals surface area contributed by atoms with E-state index in [9.17, 15) is 4.79 Å². The van der Waals surface area contributed by atoms with Crippen molar-refractivity contribution in [2.45, 2.75) is 47.3 Å². The van der Waals surface area contributed by atoms with E-state index in [4.69, 9.17) is 17.0 Å². The minimum absolute atomic E-state index is 0.0520. The number of carbonyl (C=O) groups excluding carboxylic acids is 1. The Morgan fingerprint density at radius 1 is 1.14 bits per heavy atom. The molecule has 152 valence electrons. The Morgan fingerprint density at radius 3 is 2.45 bits per heavy atom. The zero-order valence-corrected chi connectivity index (χ0v) is 18.5. The first-order chi connectivity index (χ1) is 13.8. The Labute approximate surface area is 178 Å². The molecular weight excluding hydrogens is 380 g/mol. The molecule has 1 N–H and O–H groups in total. The van der Waals surface area contributed by atoms with Gasteiger partial charge in [0.2, 0.25) is 0 Å². The largest absolute Gasteiger partial charge is 0.489 e. The van der Waals surface area contributed by atoms with Crippen LogP contribution in [0.25, 0.3) is 0 Å². The minimum atomic E-state index is -0.240. The number of ether oxygens (including phenoxy) is 1. The molecule has 2 aromatic carbocycles. The number of allylic oxidation sites excluding steroid dienone is 1. The lowest BCUT2D eigenvalue weighted by Gasteiger charge is -2.37. The van der Waals surface area contributed by atoms with Gasteiger partial charge in [0, 0.05) is 17.8 Å². The average Bonchev–Trinajstić information content (AvgIpc) is 2.68. The maximum absolute atomic E-state index is 12.4. The molecule has 1 aliphatic heterocycles. The molecule has 0 aromatic heterocycles. The van der Waals surface area contributed by atoms with E-state index in [1.165, 1.54) is 16.7 Å². The quantitative estimate of drug-likeness (QED) is 0.682. The molecule has 0 spiro atoms. The van der Waals surface area contributed by atoms with Crippen LogP contribution in [0.2, 0.25) is 0 Å². The second kappa shape index (κ2) is 8.78. The second-order valence-corrected chi connectivity index (χ2v) is 7.86. The van der Waals surface area contributed by atoms with Gasteiger partial charge < -0.3 is 15.0 Å². The fourth-order valence-electron chi connectivity index (χ4n) is 3.74. The summed E-state index contributed by atoms with van der Waals surface area (Å²) < 4.78 is 5.99. The van der Waals surface area contributed by atoms with Crippen molar-refractivity contribution in [2.24, 2.45) is 0 Å². The van der Waals surface area contributed by atoms with Gasteiger partial charge in [-0.05, 0) is 75.7 Å². The molecule has 29 heavy (non-hydrogen) atoms. The second-order valence-electron chi connectivity index (χ2n) is 7.47. The summed E-state index contributed by atoms with van der Waals surface area (Å²) in [5.41, 5.74) is 6.30. The number of thiocarbonyl (C=S) groups is 1. The number of rotatable bonds is 6. The number of benzene rings is 2. The van der Waals surface area contributed by atoms with Crippen LogP contribution in [-0.4, -0.2) is 22.3 Å². The van der Waals surface area contributed by atoms with Crippen molar-refractivity contribution in [1.82, 2.24) is 10.2 Å². The molecule has 0 fully saturated rings. The summed E-state index contributed by atoms with van der Waals surface area (Å²) in [6, 6.07) is 14.0. The van der Waals surface area contributed by atoms with Crippen molar-refractivity contribution in [3.8, 4) is 5.75 Å². The molecule has 3 rings (SSSR count). The normalized spacial score (nSPS) is 16.7. The van der Waals surface area contributed by atoms with Crippen LogP contribution in [0.5, 0.6) is 5.75 Å². The van der Waals surface area contributed by atoms with Crippen LogP contribution < -0.4 is 10.1 Å². The van der Waals surface area contributed by atoms with Crippen molar-refractivity contribution in [3.63, 3.8) is 0 Å². The van der Waals surface area contributed by atoms with E-state index in [1.807, 2.05) is 43.0 Å². The monoisotopic (exact) mass is 408 g/mol. The van der Waals surface area contributed by atoms with E-state index in [2.05, 4.69) is 37.4 Å². The molecule has 1 aliphatic rings. The number of Topliss-reactive ketones (excluding diaryl/α,β-unsaturated/α-hetero) is 1. The highest BCUT2D eigenvalue weighted by Gasteiger charge is 2.31. The highest BCUT2D eigenvalue weighted by molar-refractivity contribution is 7.80. The summed E-state index contributed by atoms with van der Waals surface area (Å²) >= 11 is 5.51. The Balaban J connectivity index is 1.80. The number of ketones is 1. The van der Waals surface area contributed by atoms with Crippen LogP contribution in [0.1, 0.15) is 49.1 Å². The number of aryl methyl sites for hydroxylation is 2. The Hall–Kier alpha value is -2.66. The molecule has 0 radical (unpaired) electrons. The molecule has 0 saturated carbocycles. The van der Waals surface area contributed by atoms with Crippen LogP contribution >= 0.6 is 12.2 Å². The predicted octanol–water partition coefficient (Wildman–Crippen LogP) is 5.00. The third-order valence-corrected chi connectivity index (χ3v) is 5.74. The van der Waals surface area contributed by atoms with Crippen molar-refractivity contribution in [2.75, 3.05) is 6.54 Å². The lowest BCUT2D eigenvalue weighted by Crippen LogP contribution is -2.47. The molecule has 2 aromatic rings. The zero-order chi connectivity index (χ0) is 21.1. The Kier molecular flexibility index (Phi) is 6.38. The molecular formula is C24H28N2O2S. The highest BCUT2D eigenvalue weighted by Crippen LogP contribution is 2.32. The highest BCUT2D eigenvalue weighted by atomic mass is 32.1. The first kappa shape index (κ1) is 21.1. The van der Waals surface area contributed by atoms with Crippen LogP contribution in [0.15, 0.2) is 53.7 Å². The van der Waals surface area contributed by atoms with Gasteiger partial charge in [-0.2, -0.15) is 0 Å². The predicted molar refractivity (Wildman–Crippen MR) is 121 cm³/mol. The maximum Gasteiger partial charge on any atom is 0.173 e. The van der Waals surface area contributed by atoms with Gasteiger partial charge in [-0.1, -0.05) is 35.9 Å². The summed E-state index contributed by atoms with van der Waals surface area (Å²) in [5, 5.41) is 3.97. The fraction of sp³-hybridized carbons (Fsp3) is 0.333. The summed E-state index contributed by atoms with van der Waals surface area (Å²) in [7, 11) is 0. The molecule has 0 amide bonds. The molecule has 1 atom stereocenters. The van der Waals surface area contributed by atoms with Crippen molar-refractivity contribution >= 4 is 23.1 Å². The third kappa shape index (κ3) is 4.51. The van der Waals surface area contributed by atoms with Crippen LogP contribution in [0.4, 0.5) is 0 Å². The summed E-state index contributed by atoms with van der Waals surface area (Å²) in [5.74, 6) is 0.851. The van der Waals surface area contributed by atoms with E-state index in [0.29, 0.717) is 11.7 Å². The SMILES string of the molecule is CCN1C(=S)NC(c2ccc(OCc3cc(C)ccc3C)cc2)C(C(C)=O)=C1C. The average molecular weight is 409 g/mol. The van der Waals surface area contributed by atoms with E-state index in [1.54, 1.807) is 6.92 Å². The maximum atomic E-state index is 12.4. The lowest BCUT2D eigenvalue weighted by atomic mass is 9.92. The van der Waals surface area contributed by atoms with E-state index < -0.39 is 0 Å². The van der Waals surface area contributed by atoms with E-state index in [-0.39, 0.29) is 11.8 Å². The third-order valence-electron chi connectivity index (χ3n) is 5.40. The van der Waals surface area contributed by atoms with Crippen LogP contribution in [0.3, 0.4) is 0 Å². The number of hydrogen-bond acceptors (Lipinski definition) is 3. The smallest absolute Gasteiger partial charge is 0.173 e. The van der Waals surface area contributed by atoms with Crippen LogP contribution in [0, 0.1) is 13.8 Å². The van der Waals surface area contributed by atoms with Gasteiger partial charge >= 0.3 is 0 Å². The van der Waals surface area contributed by atoms with E-state index in [0.717, 1.165) is 29.1 Å². The zero-order valence-electron chi connectivity index (χ0n) is 17.7. The minimum Gasteiger partial charge on any atom is -0.489 e. The Bertz CT molecular complexity index is 963. The van der Waals surface area contributed by atoms with E-state index >= 15 is 0 Å². The molecule has 4 nitrogen and oxygen atoms in total.